The third-order valence-corrected chi connectivity index (χ3v) is 3.61. The van der Waals surface area contributed by atoms with Crippen molar-refractivity contribution in [2.75, 3.05) is 27.2 Å². The number of hydrogen-bond acceptors (Lipinski definition) is 3. The standard InChI is InChI=1S/C13H18F2N2O/c1-17-7-8(6-16)5-10(17)12-9(14)3-4-11(18-2)13(12)15/h3-4,8,10H,5-7,16H2,1-2H3. The number of nitrogens with two attached hydrogens (primary N) is 1. The highest BCUT2D eigenvalue weighted by Gasteiger charge is 2.34. The van der Waals surface area contributed by atoms with Gasteiger partial charge in [-0.1, -0.05) is 0 Å². The van der Waals surface area contributed by atoms with Gasteiger partial charge in [-0.15, -0.1) is 0 Å². The van der Waals surface area contributed by atoms with Crippen LogP contribution in [0.1, 0.15) is 18.0 Å². The van der Waals surface area contributed by atoms with Gasteiger partial charge in [-0.05, 0) is 38.1 Å². The number of hydrogen-bond donors (Lipinski definition) is 1. The molecule has 0 aliphatic carbocycles. The van der Waals surface area contributed by atoms with Crippen LogP contribution in [0.25, 0.3) is 0 Å². The molecule has 2 N–H and O–H groups in total. The Bertz CT molecular complexity index is 439. The summed E-state index contributed by atoms with van der Waals surface area (Å²) in [4.78, 5) is 1.94. The van der Waals surface area contributed by atoms with Crippen LogP contribution >= 0.6 is 0 Å². The van der Waals surface area contributed by atoms with Gasteiger partial charge in [0.2, 0.25) is 0 Å². The first kappa shape index (κ1) is 13.2. The zero-order valence-corrected chi connectivity index (χ0v) is 10.6. The number of methoxy groups -OCH3 is 1. The summed E-state index contributed by atoms with van der Waals surface area (Å²) in [5.41, 5.74) is 5.72. The molecule has 3 nitrogen and oxygen atoms in total. The smallest absolute Gasteiger partial charge is 0.172 e. The molecule has 0 radical (unpaired) electrons. The monoisotopic (exact) mass is 256 g/mol. The van der Waals surface area contributed by atoms with E-state index >= 15 is 0 Å². The Hall–Kier alpha value is -1.20. The summed E-state index contributed by atoms with van der Waals surface area (Å²) in [6.07, 6.45) is 0.675. The minimum Gasteiger partial charge on any atom is -0.494 e. The van der Waals surface area contributed by atoms with Gasteiger partial charge in [-0.25, -0.2) is 8.78 Å². The summed E-state index contributed by atoms with van der Waals surface area (Å²) in [5.74, 6) is -0.768. The van der Waals surface area contributed by atoms with E-state index in [1.807, 2.05) is 11.9 Å². The van der Waals surface area contributed by atoms with Crippen LogP contribution in [0.4, 0.5) is 8.78 Å². The normalized spacial score (nSPS) is 24.5. The second-order valence-electron chi connectivity index (χ2n) is 4.77. The highest BCUT2D eigenvalue weighted by molar-refractivity contribution is 5.35. The number of rotatable bonds is 3. The largest absolute Gasteiger partial charge is 0.494 e. The lowest BCUT2D eigenvalue weighted by Crippen LogP contribution is -2.21. The van der Waals surface area contributed by atoms with Crippen LogP contribution in [0, 0.1) is 17.6 Å². The third kappa shape index (κ3) is 2.20. The van der Waals surface area contributed by atoms with E-state index in [4.69, 9.17) is 10.5 Å². The van der Waals surface area contributed by atoms with E-state index in [9.17, 15) is 8.78 Å². The molecule has 18 heavy (non-hydrogen) atoms. The topological polar surface area (TPSA) is 38.5 Å². The second-order valence-corrected chi connectivity index (χ2v) is 4.77. The Morgan fingerprint density at radius 2 is 2.17 bits per heavy atom. The molecule has 1 aromatic carbocycles. The number of nitrogens with zero attached hydrogens (tertiary/aromatic N) is 1. The van der Waals surface area contributed by atoms with Gasteiger partial charge in [0, 0.05) is 18.2 Å². The third-order valence-electron chi connectivity index (χ3n) is 3.61. The number of likely N-dealkylation sites (tertiary alicyclic amines) is 1. The molecule has 0 saturated carbocycles. The van der Waals surface area contributed by atoms with Gasteiger partial charge in [0.25, 0.3) is 0 Å². The van der Waals surface area contributed by atoms with E-state index in [1.54, 1.807) is 0 Å². The zero-order chi connectivity index (χ0) is 13.3. The number of halogens is 2. The molecular weight excluding hydrogens is 238 g/mol. The highest BCUT2D eigenvalue weighted by Crippen LogP contribution is 2.38. The number of ether oxygens (including phenoxy) is 1. The molecule has 2 atom stereocenters. The summed E-state index contributed by atoms with van der Waals surface area (Å²) in [5, 5.41) is 0. The van der Waals surface area contributed by atoms with Crippen molar-refractivity contribution in [1.29, 1.82) is 0 Å². The van der Waals surface area contributed by atoms with Crippen LogP contribution < -0.4 is 10.5 Å². The molecule has 0 spiro atoms. The average molecular weight is 256 g/mol. The molecule has 1 aliphatic rings. The predicted octanol–water partition coefficient (Wildman–Crippen LogP) is 1.92. The minimum atomic E-state index is -0.605. The summed E-state index contributed by atoms with van der Waals surface area (Å²) >= 11 is 0. The SMILES string of the molecule is COc1ccc(F)c(C2CC(CN)CN2C)c1F. The van der Waals surface area contributed by atoms with Crippen molar-refractivity contribution in [3.05, 3.63) is 29.3 Å². The van der Waals surface area contributed by atoms with Crippen molar-refractivity contribution in [2.24, 2.45) is 11.7 Å². The van der Waals surface area contributed by atoms with Gasteiger partial charge in [0.15, 0.2) is 11.6 Å². The van der Waals surface area contributed by atoms with Gasteiger partial charge in [0.05, 0.1) is 7.11 Å². The van der Waals surface area contributed by atoms with Crippen molar-refractivity contribution in [3.8, 4) is 5.75 Å². The highest BCUT2D eigenvalue weighted by atomic mass is 19.1. The molecular formula is C13H18F2N2O. The van der Waals surface area contributed by atoms with E-state index < -0.39 is 11.6 Å². The Balaban J connectivity index is 2.38. The van der Waals surface area contributed by atoms with Crippen LogP contribution in [0.2, 0.25) is 0 Å². The molecule has 0 bridgehead atoms. The van der Waals surface area contributed by atoms with Crippen LogP contribution in [0.3, 0.4) is 0 Å². The van der Waals surface area contributed by atoms with Gasteiger partial charge < -0.3 is 10.5 Å². The fraction of sp³-hybridized carbons (Fsp3) is 0.538. The maximum atomic E-state index is 14.2. The van der Waals surface area contributed by atoms with E-state index in [2.05, 4.69) is 0 Å². The Morgan fingerprint density at radius 3 is 2.72 bits per heavy atom. The van der Waals surface area contributed by atoms with Crippen LogP contribution in [-0.2, 0) is 0 Å². The van der Waals surface area contributed by atoms with Crippen LogP contribution in [0.5, 0.6) is 5.75 Å². The fourth-order valence-electron chi connectivity index (χ4n) is 2.63. The van der Waals surface area contributed by atoms with Gasteiger partial charge in [-0.2, -0.15) is 0 Å². The molecule has 2 unspecified atom stereocenters. The van der Waals surface area contributed by atoms with E-state index in [1.165, 1.54) is 19.2 Å². The van der Waals surface area contributed by atoms with Crippen molar-refractivity contribution >= 4 is 0 Å². The molecule has 1 heterocycles. The van der Waals surface area contributed by atoms with E-state index in [-0.39, 0.29) is 23.3 Å². The fourth-order valence-corrected chi connectivity index (χ4v) is 2.63. The predicted molar refractivity (Wildman–Crippen MR) is 65.4 cm³/mol. The molecule has 0 aromatic heterocycles. The van der Waals surface area contributed by atoms with Crippen molar-refractivity contribution in [2.45, 2.75) is 12.5 Å². The summed E-state index contributed by atoms with van der Waals surface area (Å²) in [6.45, 7) is 1.30. The molecule has 0 amide bonds. The van der Waals surface area contributed by atoms with Crippen molar-refractivity contribution < 1.29 is 13.5 Å². The van der Waals surface area contributed by atoms with E-state index in [0.717, 1.165) is 6.54 Å². The minimum absolute atomic E-state index is 0.0796. The Kier molecular flexibility index (Phi) is 3.82. The second kappa shape index (κ2) is 5.20. The zero-order valence-electron chi connectivity index (χ0n) is 10.6. The quantitative estimate of drug-likeness (QED) is 0.898. The maximum absolute atomic E-state index is 14.2. The summed E-state index contributed by atoms with van der Waals surface area (Å²) in [7, 11) is 3.24. The molecule has 2 rings (SSSR count). The molecule has 1 saturated heterocycles. The van der Waals surface area contributed by atoms with Crippen molar-refractivity contribution in [3.63, 3.8) is 0 Å². The first-order valence-electron chi connectivity index (χ1n) is 6.00. The lowest BCUT2D eigenvalue weighted by Gasteiger charge is -2.21. The van der Waals surface area contributed by atoms with Gasteiger partial charge >= 0.3 is 0 Å². The maximum Gasteiger partial charge on any atom is 0.172 e. The Morgan fingerprint density at radius 1 is 1.44 bits per heavy atom. The van der Waals surface area contributed by atoms with Gasteiger partial charge in [0.1, 0.15) is 5.82 Å². The van der Waals surface area contributed by atoms with Crippen molar-refractivity contribution in [1.82, 2.24) is 4.90 Å². The summed E-state index contributed by atoms with van der Waals surface area (Å²) < 4.78 is 32.9. The lowest BCUT2D eigenvalue weighted by molar-refractivity contribution is 0.293. The first-order valence-corrected chi connectivity index (χ1v) is 6.00. The van der Waals surface area contributed by atoms with Gasteiger partial charge in [-0.3, -0.25) is 4.90 Å². The Labute approximate surface area is 106 Å². The van der Waals surface area contributed by atoms with E-state index in [0.29, 0.717) is 13.0 Å². The molecule has 1 aliphatic heterocycles. The first-order chi connectivity index (χ1) is 8.58. The summed E-state index contributed by atoms with van der Waals surface area (Å²) in [6, 6.07) is 2.29. The molecule has 5 heteroatoms. The van der Waals surface area contributed by atoms with Crippen LogP contribution in [-0.4, -0.2) is 32.1 Å². The molecule has 100 valence electrons. The molecule has 1 aromatic rings. The average Bonchev–Trinajstić information content (AvgIpc) is 2.71. The number of benzene rings is 1. The van der Waals surface area contributed by atoms with Crippen LogP contribution in [0.15, 0.2) is 12.1 Å². The molecule has 1 fully saturated rings. The lowest BCUT2D eigenvalue weighted by atomic mass is 9.98.